The van der Waals surface area contributed by atoms with E-state index in [-0.39, 0.29) is 5.88 Å². The highest BCUT2D eigenvalue weighted by molar-refractivity contribution is 5.91. The molecule has 1 aliphatic heterocycles. The third kappa shape index (κ3) is 5.44. The van der Waals surface area contributed by atoms with Crippen molar-refractivity contribution in [2.45, 2.75) is 32.6 Å². The minimum Gasteiger partial charge on any atom is -0.494 e. The minimum atomic E-state index is -0.504. The second kappa shape index (κ2) is 11.3. The van der Waals surface area contributed by atoms with E-state index >= 15 is 0 Å². The summed E-state index contributed by atoms with van der Waals surface area (Å²) in [5.41, 5.74) is 8.43. The second-order valence-corrected chi connectivity index (χ2v) is 8.24. The van der Waals surface area contributed by atoms with Crippen molar-refractivity contribution < 1.29 is 23.7 Å². The van der Waals surface area contributed by atoms with Crippen LogP contribution in [0.1, 0.15) is 54.1 Å². The molecule has 7 heteroatoms. The molecule has 3 aromatic carbocycles. The molecule has 36 heavy (non-hydrogen) atoms. The average molecular weight is 485 g/mol. The summed E-state index contributed by atoms with van der Waals surface area (Å²) in [5.74, 6) is 1.28. The monoisotopic (exact) mass is 484 g/mol. The van der Waals surface area contributed by atoms with Gasteiger partial charge in [0.05, 0.1) is 24.7 Å². The van der Waals surface area contributed by atoms with Crippen LogP contribution < -0.4 is 24.7 Å². The molecule has 1 heterocycles. The first-order valence-electron chi connectivity index (χ1n) is 11.9. The van der Waals surface area contributed by atoms with E-state index in [2.05, 4.69) is 13.0 Å². The van der Waals surface area contributed by atoms with Gasteiger partial charge in [-0.25, -0.2) is 4.79 Å². The zero-order chi connectivity index (χ0) is 25.5. The summed E-state index contributed by atoms with van der Waals surface area (Å²) in [5, 5.41) is 9.77. The Labute approximate surface area is 210 Å². The predicted octanol–water partition coefficient (Wildman–Crippen LogP) is 5.70. The van der Waals surface area contributed by atoms with Gasteiger partial charge in [-0.2, -0.15) is 5.26 Å². The molecule has 0 radical (unpaired) electrons. The summed E-state index contributed by atoms with van der Waals surface area (Å²) in [4.78, 5) is 12.7. The first-order chi connectivity index (χ1) is 17.5. The molecule has 1 unspecified atom stereocenters. The number of hydrogen-bond donors (Lipinski definition) is 1. The fourth-order valence-electron chi connectivity index (χ4n) is 3.95. The van der Waals surface area contributed by atoms with Crippen LogP contribution >= 0.6 is 0 Å². The van der Waals surface area contributed by atoms with Gasteiger partial charge in [-0.15, -0.1) is 0 Å². The van der Waals surface area contributed by atoms with Gasteiger partial charge in [0, 0.05) is 11.6 Å². The predicted molar refractivity (Wildman–Crippen MR) is 135 cm³/mol. The quantitative estimate of drug-likeness (QED) is 0.236. The molecular weight excluding hydrogens is 456 g/mol. The van der Waals surface area contributed by atoms with Crippen molar-refractivity contribution in [3.63, 3.8) is 0 Å². The van der Waals surface area contributed by atoms with Crippen LogP contribution in [0.4, 0.5) is 0 Å². The van der Waals surface area contributed by atoms with E-state index in [1.54, 1.807) is 42.5 Å². The fraction of sp³-hybridized carbons (Fsp3) is 0.241. The molecule has 0 fully saturated rings. The average Bonchev–Trinajstić information content (AvgIpc) is 2.89. The van der Waals surface area contributed by atoms with Crippen molar-refractivity contribution in [3.8, 4) is 29.1 Å². The first-order valence-corrected chi connectivity index (χ1v) is 11.9. The first kappa shape index (κ1) is 24.7. The minimum absolute atomic E-state index is 0.0195. The fourth-order valence-corrected chi connectivity index (χ4v) is 3.95. The Hall–Kier alpha value is -4.44. The number of nitrogens with two attached hydrogens (primary N) is 1. The lowest BCUT2D eigenvalue weighted by molar-refractivity contribution is 0.0734. The molecule has 4 rings (SSSR count). The van der Waals surface area contributed by atoms with Crippen molar-refractivity contribution in [1.29, 1.82) is 5.26 Å². The summed E-state index contributed by atoms with van der Waals surface area (Å²) in [6.07, 6.45) is 2.02. The van der Waals surface area contributed by atoms with Crippen molar-refractivity contribution in [3.05, 3.63) is 94.9 Å². The van der Waals surface area contributed by atoms with E-state index in [0.717, 1.165) is 29.7 Å². The Morgan fingerprint density at radius 1 is 0.972 bits per heavy atom. The van der Waals surface area contributed by atoms with E-state index in [1.807, 2.05) is 31.2 Å². The van der Waals surface area contributed by atoms with Gasteiger partial charge < -0.3 is 24.7 Å². The van der Waals surface area contributed by atoms with Crippen molar-refractivity contribution in [2.24, 2.45) is 5.73 Å². The number of unbranched alkanes of at least 4 members (excludes halogenated alkanes) is 1. The van der Waals surface area contributed by atoms with E-state index in [4.69, 9.17) is 24.7 Å². The van der Waals surface area contributed by atoms with Gasteiger partial charge in [0.15, 0.2) is 0 Å². The Morgan fingerprint density at radius 3 is 2.31 bits per heavy atom. The smallest absolute Gasteiger partial charge is 0.343 e. The van der Waals surface area contributed by atoms with Crippen molar-refractivity contribution in [1.82, 2.24) is 0 Å². The summed E-state index contributed by atoms with van der Waals surface area (Å²) in [6.45, 7) is 5.22. The zero-order valence-electron chi connectivity index (χ0n) is 20.3. The molecule has 0 bridgehead atoms. The van der Waals surface area contributed by atoms with Gasteiger partial charge in [-0.05, 0) is 61.4 Å². The van der Waals surface area contributed by atoms with Crippen molar-refractivity contribution in [2.75, 3.05) is 13.2 Å². The second-order valence-electron chi connectivity index (χ2n) is 8.24. The van der Waals surface area contributed by atoms with Gasteiger partial charge in [-0.3, -0.25) is 0 Å². The number of benzene rings is 3. The van der Waals surface area contributed by atoms with E-state index < -0.39 is 11.9 Å². The van der Waals surface area contributed by atoms with Gasteiger partial charge in [-0.1, -0.05) is 31.5 Å². The number of carbonyl (C=O) groups is 1. The zero-order valence-corrected chi connectivity index (χ0v) is 20.3. The molecule has 0 aliphatic carbocycles. The number of rotatable bonds is 9. The van der Waals surface area contributed by atoms with Crippen LogP contribution in [0.3, 0.4) is 0 Å². The number of nitrogens with zero attached hydrogens (tertiary/aromatic N) is 1. The molecule has 184 valence electrons. The van der Waals surface area contributed by atoms with E-state index in [9.17, 15) is 10.1 Å². The summed E-state index contributed by atoms with van der Waals surface area (Å²) >= 11 is 0. The molecule has 0 spiro atoms. The summed E-state index contributed by atoms with van der Waals surface area (Å²) < 4.78 is 22.5. The molecular formula is C29H28N2O5. The van der Waals surface area contributed by atoms with Crippen LogP contribution in [0, 0.1) is 11.3 Å². The maximum absolute atomic E-state index is 12.7. The maximum Gasteiger partial charge on any atom is 0.343 e. The standard InChI is InChI=1S/C29H28N2O5/c1-3-5-16-34-22-12-8-20(9-13-22)29(32)35-23-14-15-24-26(17-23)36-28(31)25(18-30)27(24)19-6-10-21(11-7-19)33-4-2/h6-15,17,27H,3-5,16,31H2,1-2H3. The van der Waals surface area contributed by atoms with E-state index in [1.165, 1.54) is 0 Å². The van der Waals surface area contributed by atoms with E-state index in [0.29, 0.717) is 41.6 Å². The number of fused-ring (bicyclic) bond motifs is 1. The van der Waals surface area contributed by atoms with Gasteiger partial charge in [0.2, 0.25) is 5.88 Å². The lowest BCUT2D eigenvalue weighted by Gasteiger charge is -2.26. The van der Waals surface area contributed by atoms with Gasteiger partial charge in [0.25, 0.3) is 0 Å². The van der Waals surface area contributed by atoms with Crippen LogP contribution in [0.15, 0.2) is 78.2 Å². The van der Waals surface area contributed by atoms with Crippen molar-refractivity contribution >= 4 is 5.97 Å². The molecule has 1 aliphatic rings. The number of allylic oxidation sites excluding steroid dienone is 1. The lowest BCUT2D eigenvalue weighted by atomic mass is 9.83. The lowest BCUT2D eigenvalue weighted by Crippen LogP contribution is -2.21. The Bertz CT molecular complexity index is 1290. The largest absolute Gasteiger partial charge is 0.494 e. The highest BCUT2D eigenvalue weighted by atomic mass is 16.5. The van der Waals surface area contributed by atoms with Crippen LogP contribution in [0.2, 0.25) is 0 Å². The molecule has 3 aromatic rings. The maximum atomic E-state index is 12.7. The third-order valence-corrected chi connectivity index (χ3v) is 5.78. The Morgan fingerprint density at radius 2 is 1.64 bits per heavy atom. The molecule has 0 saturated carbocycles. The molecule has 0 saturated heterocycles. The highest BCUT2D eigenvalue weighted by Crippen LogP contribution is 2.43. The SMILES string of the molecule is CCCCOc1ccc(C(=O)Oc2ccc3c(c2)OC(N)=C(C#N)C3c2ccc(OCC)cc2)cc1. The van der Waals surface area contributed by atoms with Gasteiger partial charge >= 0.3 is 5.97 Å². The Kier molecular flexibility index (Phi) is 7.76. The van der Waals surface area contributed by atoms with Crippen LogP contribution in [0.25, 0.3) is 0 Å². The topological polar surface area (TPSA) is 104 Å². The highest BCUT2D eigenvalue weighted by Gasteiger charge is 2.31. The summed E-state index contributed by atoms with van der Waals surface area (Å²) in [6, 6.07) is 21.6. The third-order valence-electron chi connectivity index (χ3n) is 5.78. The molecule has 0 aromatic heterocycles. The van der Waals surface area contributed by atoms with Gasteiger partial charge in [0.1, 0.15) is 34.6 Å². The van der Waals surface area contributed by atoms with Crippen LogP contribution in [-0.2, 0) is 0 Å². The number of carbonyl (C=O) groups excluding carboxylic acids is 1. The summed E-state index contributed by atoms with van der Waals surface area (Å²) in [7, 11) is 0. The Balaban J connectivity index is 1.54. The number of ether oxygens (including phenoxy) is 4. The molecule has 7 nitrogen and oxygen atoms in total. The number of nitriles is 1. The molecule has 1 atom stereocenters. The molecule has 0 amide bonds. The number of esters is 1. The number of hydrogen-bond acceptors (Lipinski definition) is 7. The van der Waals surface area contributed by atoms with Crippen LogP contribution in [-0.4, -0.2) is 19.2 Å². The van der Waals surface area contributed by atoms with Crippen LogP contribution in [0.5, 0.6) is 23.0 Å². The molecule has 2 N–H and O–H groups in total. The normalized spacial score (nSPS) is 14.3.